The van der Waals surface area contributed by atoms with E-state index in [0.717, 1.165) is 4.90 Å². The predicted molar refractivity (Wildman–Crippen MR) is 98.1 cm³/mol. The molecule has 0 saturated carbocycles. The van der Waals surface area contributed by atoms with E-state index < -0.39 is 40.3 Å². The van der Waals surface area contributed by atoms with E-state index in [4.69, 9.17) is 0 Å². The lowest BCUT2D eigenvalue weighted by Crippen LogP contribution is -2.66. The van der Waals surface area contributed by atoms with Crippen LogP contribution in [0, 0.1) is 11.3 Å². The molecule has 1 aliphatic carbocycles. The van der Waals surface area contributed by atoms with Crippen molar-refractivity contribution >= 4 is 17.6 Å². The number of unbranched alkanes of at least 4 members (excludes halogenated alkanes) is 1. The van der Waals surface area contributed by atoms with Crippen LogP contribution in [0.5, 0.6) is 0 Å². The number of hydrogen-bond acceptors (Lipinski definition) is 3. The Labute approximate surface area is 163 Å². The van der Waals surface area contributed by atoms with Crippen molar-refractivity contribution in [1.82, 2.24) is 10.2 Å². The van der Waals surface area contributed by atoms with E-state index in [2.05, 4.69) is 0 Å². The molecule has 0 unspecified atom stereocenters. The molecule has 0 aromatic heterocycles. The van der Waals surface area contributed by atoms with Crippen molar-refractivity contribution in [2.75, 3.05) is 6.54 Å². The Morgan fingerprint density at radius 2 is 1.82 bits per heavy atom. The van der Waals surface area contributed by atoms with Crippen LogP contribution >= 0.6 is 0 Å². The van der Waals surface area contributed by atoms with Crippen LogP contribution in [0.2, 0.25) is 0 Å². The summed E-state index contributed by atoms with van der Waals surface area (Å²) in [6.07, 6.45) is -4.15. The monoisotopic (exact) mass is 402 g/mol. The van der Waals surface area contributed by atoms with E-state index in [1.807, 2.05) is 12.2 Å². The fourth-order valence-electron chi connectivity index (χ4n) is 3.99. The highest BCUT2D eigenvalue weighted by Gasteiger charge is 2.71. The van der Waals surface area contributed by atoms with Gasteiger partial charge in [-0.25, -0.2) is 0 Å². The summed E-state index contributed by atoms with van der Waals surface area (Å²) in [4.78, 5) is 39.3. The fraction of sp³-hybridized carbons (Fsp3) is 0.750. The lowest BCUT2D eigenvalue weighted by molar-refractivity contribution is -0.194. The van der Waals surface area contributed by atoms with Gasteiger partial charge in [0, 0.05) is 25.1 Å². The molecule has 1 N–H and O–H groups in total. The number of hydrogen-bond donors (Lipinski definition) is 1. The Morgan fingerprint density at radius 3 is 2.32 bits per heavy atom. The van der Waals surface area contributed by atoms with Gasteiger partial charge in [0.2, 0.25) is 11.4 Å². The Kier molecular flexibility index (Phi) is 6.02. The molecule has 0 spiro atoms. The van der Waals surface area contributed by atoms with Crippen molar-refractivity contribution in [3.8, 4) is 0 Å². The number of amides is 2. The maximum absolute atomic E-state index is 14.3. The molecule has 158 valence electrons. The van der Waals surface area contributed by atoms with Crippen molar-refractivity contribution in [2.24, 2.45) is 11.3 Å². The first kappa shape index (κ1) is 22.4. The lowest BCUT2D eigenvalue weighted by atomic mass is 9.72. The van der Waals surface area contributed by atoms with Gasteiger partial charge >= 0.3 is 6.18 Å². The van der Waals surface area contributed by atoms with Crippen molar-refractivity contribution in [3.05, 3.63) is 11.3 Å². The summed E-state index contributed by atoms with van der Waals surface area (Å²) in [5, 5.41) is 1.94. The van der Waals surface area contributed by atoms with Crippen LogP contribution in [-0.4, -0.2) is 40.8 Å². The molecule has 0 aromatic carbocycles. The highest BCUT2D eigenvalue weighted by atomic mass is 19.4. The van der Waals surface area contributed by atoms with E-state index in [1.165, 1.54) is 0 Å². The largest absolute Gasteiger partial charge is 0.425 e. The van der Waals surface area contributed by atoms with Crippen molar-refractivity contribution in [2.45, 2.75) is 78.4 Å². The van der Waals surface area contributed by atoms with E-state index >= 15 is 0 Å². The van der Waals surface area contributed by atoms with Crippen LogP contribution in [-0.2, 0) is 14.4 Å². The molecular weight excluding hydrogens is 373 g/mol. The molecule has 1 heterocycles. The summed E-state index contributed by atoms with van der Waals surface area (Å²) >= 11 is 0. The van der Waals surface area contributed by atoms with Gasteiger partial charge in [0.1, 0.15) is 0 Å². The molecule has 2 amide bonds. The zero-order valence-electron chi connectivity index (χ0n) is 17.1. The number of Topliss-reactive ketones (excluding diaryl/α,β-unsaturated/α-hetero) is 1. The standard InChI is InChI=1S/C20H29F3N2O3/c1-6-7-8-15(27)24-19(20(21,22)23)16-13(9-18(4,5)10-14(16)26)25(17(19)28)11-12(2)3/h12H,6-11H2,1-5H3,(H,24,27)/t19-/m1/s1. The Bertz CT molecular complexity index is 710. The predicted octanol–water partition coefficient (Wildman–Crippen LogP) is 3.74. The third kappa shape index (κ3) is 3.82. The molecule has 0 aromatic rings. The van der Waals surface area contributed by atoms with Crippen LogP contribution in [0.25, 0.3) is 0 Å². The highest BCUT2D eigenvalue weighted by Crippen LogP contribution is 2.51. The number of allylic oxidation sites excluding steroid dienone is 1. The quantitative estimate of drug-likeness (QED) is 0.736. The van der Waals surface area contributed by atoms with Crippen LogP contribution in [0.3, 0.4) is 0 Å². The van der Waals surface area contributed by atoms with Crippen LogP contribution in [0.4, 0.5) is 13.2 Å². The summed E-state index contributed by atoms with van der Waals surface area (Å²) in [7, 11) is 0. The van der Waals surface area contributed by atoms with Crippen LogP contribution < -0.4 is 5.32 Å². The molecule has 8 heteroatoms. The molecule has 5 nitrogen and oxygen atoms in total. The summed E-state index contributed by atoms with van der Waals surface area (Å²) in [6.45, 7) is 9.03. The highest BCUT2D eigenvalue weighted by molar-refractivity contribution is 6.13. The molecule has 1 atom stereocenters. The van der Waals surface area contributed by atoms with Crippen LogP contribution in [0.15, 0.2) is 11.3 Å². The minimum atomic E-state index is -5.12. The van der Waals surface area contributed by atoms with E-state index in [1.54, 1.807) is 27.7 Å². The first-order valence-electron chi connectivity index (χ1n) is 9.73. The van der Waals surface area contributed by atoms with E-state index in [0.29, 0.717) is 12.8 Å². The Hall–Kier alpha value is -1.86. The molecular formula is C20H29F3N2O3. The molecule has 2 aliphatic rings. The number of carbonyl (C=O) groups excluding carboxylic acids is 3. The topological polar surface area (TPSA) is 66.5 Å². The van der Waals surface area contributed by atoms with E-state index in [9.17, 15) is 27.6 Å². The Morgan fingerprint density at radius 1 is 1.21 bits per heavy atom. The van der Waals surface area contributed by atoms with Gasteiger partial charge in [-0.15, -0.1) is 0 Å². The molecule has 28 heavy (non-hydrogen) atoms. The number of alkyl halides is 3. The van der Waals surface area contributed by atoms with Gasteiger partial charge in [-0.3, -0.25) is 14.4 Å². The van der Waals surface area contributed by atoms with Gasteiger partial charge in [-0.1, -0.05) is 41.0 Å². The lowest BCUT2D eigenvalue weighted by Gasteiger charge is -2.35. The second-order valence-electron chi connectivity index (χ2n) is 8.97. The number of carbonyl (C=O) groups is 3. The SMILES string of the molecule is CCCCC(=O)N[C@@]1(C(F)(F)F)C(=O)N(CC(C)C)C2=C1C(=O)CC(C)(C)C2. The van der Waals surface area contributed by atoms with Gasteiger partial charge < -0.3 is 10.2 Å². The molecule has 0 saturated heterocycles. The minimum absolute atomic E-state index is 0.0592. The zero-order chi connectivity index (χ0) is 21.5. The average Bonchev–Trinajstić information content (AvgIpc) is 2.74. The first-order valence-corrected chi connectivity index (χ1v) is 9.73. The average molecular weight is 402 g/mol. The van der Waals surface area contributed by atoms with Crippen molar-refractivity contribution in [1.29, 1.82) is 0 Å². The fourth-order valence-corrected chi connectivity index (χ4v) is 3.99. The summed E-state index contributed by atoms with van der Waals surface area (Å²) < 4.78 is 43.0. The molecule has 1 aliphatic heterocycles. The van der Waals surface area contributed by atoms with Gasteiger partial charge in [-0.2, -0.15) is 13.2 Å². The third-order valence-corrected chi connectivity index (χ3v) is 5.18. The van der Waals surface area contributed by atoms with Gasteiger partial charge in [-0.05, 0) is 24.2 Å². The normalized spacial score (nSPS) is 24.8. The smallest absolute Gasteiger partial charge is 0.330 e. The molecule has 2 rings (SSSR count). The summed E-state index contributed by atoms with van der Waals surface area (Å²) in [5.41, 5.74) is -4.32. The number of ketones is 1. The molecule has 0 bridgehead atoms. The van der Waals surface area contributed by atoms with Crippen LogP contribution in [0.1, 0.15) is 66.7 Å². The molecule has 0 fully saturated rings. The Balaban J connectivity index is 2.65. The van der Waals surface area contributed by atoms with Gasteiger partial charge in [0.05, 0.1) is 5.57 Å². The summed E-state index contributed by atoms with van der Waals surface area (Å²) in [6, 6.07) is 0. The van der Waals surface area contributed by atoms with Crippen molar-refractivity contribution in [3.63, 3.8) is 0 Å². The van der Waals surface area contributed by atoms with Gasteiger partial charge in [0.25, 0.3) is 5.91 Å². The van der Waals surface area contributed by atoms with Gasteiger partial charge in [0.15, 0.2) is 5.78 Å². The summed E-state index contributed by atoms with van der Waals surface area (Å²) in [5.74, 6) is -2.96. The number of halogens is 3. The van der Waals surface area contributed by atoms with Crippen molar-refractivity contribution < 1.29 is 27.6 Å². The number of nitrogens with one attached hydrogen (secondary N) is 1. The first-order chi connectivity index (χ1) is 12.8. The number of rotatable bonds is 6. The maximum atomic E-state index is 14.3. The second-order valence-corrected chi connectivity index (χ2v) is 8.97. The minimum Gasteiger partial charge on any atom is -0.330 e. The zero-order valence-corrected chi connectivity index (χ0v) is 17.1. The third-order valence-electron chi connectivity index (χ3n) is 5.18. The number of nitrogens with zero attached hydrogens (tertiary/aromatic N) is 1. The second kappa shape index (κ2) is 7.52. The molecule has 0 radical (unpaired) electrons. The van der Waals surface area contributed by atoms with E-state index in [-0.39, 0.29) is 37.4 Å². The maximum Gasteiger partial charge on any atom is 0.425 e.